The van der Waals surface area contributed by atoms with Gasteiger partial charge in [0.1, 0.15) is 35.5 Å². The van der Waals surface area contributed by atoms with Crippen molar-refractivity contribution < 1.29 is 36.6 Å². The number of anilines is 2. The zero-order valence-electron chi connectivity index (χ0n) is 28.0. The van der Waals surface area contributed by atoms with Crippen LogP contribution in [0.3, 0.4) is 0 Å². The lowest BCUT2D eigenvalue weighted by Gasteiger charge is -2.62. The Morgan fingerprint density at radius 3 is 1.25 bits per heavy atom. The molecule has 0 aliphatic heterocycles. The van der Waals surface area contributed by atoms with Crippen molar-refractivity contribution in [3.8, 4) is 22.5 Å². The van der Waals surface area contributed by atoms with E-state index in [4.69, 9.17) is 11.5 Å². The first-order valence-electron chi connectivity index (χ1n) is 17.8. The molecule has 0 unspecified atom stereocenters. The number of pyridine rings is 2. The number of aromatic nitrogens is 6. The molecule has 0 amide bonds. The zero-order valence-corrected chi connectivity index (χ0v) is 28.0. The lowest BCUT2D eigenvalue weighted by molar-refractivity contribution is -0.137. The highest BCUT2D eigenvalue weighted by Gasteiger charge is 2.60. The molecule has 8 fully saturated rings. The molecule has 4 aromatic rings. The Balaban J connectivity index is 0.000000138. The van der Waals surface area contributed by atoms with Crippen LogP contribution in [0.2, 0.25) is 0 Å². The van der Waals surface area contributed by atoms with Crippen LogP contribution in [0.4, 0.5) is 38.0 Å². The molecule has 0 saturated heterocycles. The SMILES string of the molecule is Nc1ncc(-c2cn(C34CC(C3)C4)c([C@@H](O)C3CC3)n2)cc1C(F)(F)F.Nc1ncc(-c2cn(C34CC(C3)C4)c([C@H](O)C3CC3)n2)cc1C(F)(F)F. The molecular weight excluding hydrogens is 690 g/mol. The van der Waals surface area contributed by atoms with Gasteiger partial charge in [-0.25, -0.2) is 19.9 Å². The molecule has 0 radical (unpaired) electrons. The van der Waals surface area contributed by atoms with Gasteiger partial charge in [-0.2, -0.15) is 26.3 Å². The molecule has 4 aromatic heterocycles. The molecule has 16 heteroatoms. The molecular formula is C36H38F6N8O2. The van der Waals surface area contributed by atoms with Crippen LogP contribution in [0.15, 0.2) is 36.9 Å². The van der Waals surface area contributed by atoms with E-state index >= 15 is 0 Å². The molecule has 4 heterocycles. The second-order valence-corrected chi connectivity index (χ2v) is 16.0. The van der Waals surface area contributed by atoms with Crippen LogP contribution in [-0.2, 0) is 23.4 Å². The van der Waals surface area contributed by atoms with Gasteiger partial charge in [0, 0.05) is 47.0 Å². The van der Waals surface area contributed by atoms with E-state index in [1.807, 2.05) is 9.13 Å². The number of nitrogens with two attached hydrogens (primary N) is 2. The average molecular weight is 729 g/mol. The van der Waals surface area contributed by atoms with Crippen LogP contribution in [-0.4, -0.2) is 39.3 Å². The topological polar surface area (TPSA) is 154 Å². The van der Waals surface area contributed by atoms with E-state index in [1.165, 1.54) is 12.4 Å². The molecule has 0 spiro atoms. The molecule has 8 saturated carbocycles. The summed E-state index contributed by atoms with van der Waals surface area (Å²) in [6.45, 7) is 0. The van der Waals surface area contributed by atoms with Crippen LogP contribution >= 0.6 is 0 Å². The summed E-state index contributed by atoms with van der Waals surface area (Å²) >= 11 is 0. The standard InChI is InChI=1S/2C18H19F3N4O/c2*19-18(20,21)12-3-11(7-23-15(12)22)13-8-25(17-4-9(5-17)6-17)16(24-13)14(26)10-1-2-10/h2*3,7-10,14,26H,1-2,4-6H2,(H2,22,23)/t2*9?,14-,17?/m10/s1. The fourth-order valence-corrected chi connectivity index (χ4v) is 8.63. The highest BCUT2D eigenvalue weighted by molar-refractivity contribution is 5.63. The van der Waals surface area contributed by atoms with E-state index < -0.39 is 47.3 Å². The van der Waals surface area contributed by atoms with Gasteiger partial charge in [0.25, 0.3) is 0 Å². The number of rotatable bonds is 8. The van der Waals surface area contributed by atoms with Gasteiger partial charge < -0.3 is 30.8 Å². The van der Waals surface area contributed by atoms with Crippen molar-refractivity contribution in [2.24, 2.45) is 23.7 Å². The van der Waals surface area contributed by atoms with Crippen molar-refractivity contribution in [2.45, 2.75) is 99.8 Å². The molecule has 8 aliphatic carbocycles. The van der Waals surface area contributed by atoms with Crippen LogP contribution < -0.4 is 11.5 Å². The Morgan fingerprint density at radius 1 is 0.635 bits per heavy atom. The number of imidazole rings is 2. The minimum Gasteiger partial charge on any atom is -0.385 e. The number of alkyl halides is 6. The number of aliphatic hydroxyl groups is 2. The van der Waals surface area contributed by atoms with E-state index in [0.29, 0.717) is 23.0 Å². The average Bonchev–Trinajstić information content (AvgIpc) is 3.92. The Hall–Kier alpha value is -4.18. The van der Waals surface area contributed by atoms with Gasteiger partial charge in [0.05, 0.1) is 22.5 Å². The third-order valence-corrected chi connectivity index (χ3v) is 12.2. The van der Waals surface area contributed by atoms with Crippen molar-refractivity contribution >= 4 is 11.6 Å². The maximum absolute atomic E-state index is 13.1. The van der Waals surface area contributed by atoms with Gasteiger partial charge in [-0.1, -0.05) is 0 Å². The number of hydrogen-bond acceptors (Lipinski definition) is 8. The quantitative estimate of drug-likeness (QED) is 0.142. The highest BCUT2D eigenvalue weighted by atomic mass is 19.4. The van der Waals surface area contributed by atoms with Crippen LogP contribution in [0.5, 0.6) is 0 Å². The molecule has 276 valence electrons. The highest BCUT2D eigenvalue weighted by Crippen LogP contribution is 2.64. The molecule has 8 aliphatic rings. The minimum absolute atomic E-state index is 0.00475. The van der Waals surface area contributed by atoms with E-state index in [9.17, 15) is 36.6 Å². The lowest BCUT2D eigenvalue weighted by atomic mass is 9.49. The summed E-state index contributed by atoms with van der Waals surface area (Å²) in [4.78, 5) is 16.5. The smallest absolute Gasteiger partial charge is 0.385 e. The monoisotopic (exact) mass is 728 g/mol. The van der Waals surface area contributed by atoms with Gasteiger partial charge in [-0.3, -0.25) is 0 Å². The Labute approximate surface area is 294 Å². The fourth-order valence-electron chi connectivity index (χ4n) is 8.63. The van der Waals surface area contributed by atoms with Crippen molar-refractivity contribution in [3.63, 3.8) is 0 Å². The molecule has 12 rings (SSSR count). The molecule has 2 atom stereocenters. The van der Waals surface area contributed by atoms with Crippen molar-refractivity contribution in [1.82, 2.24) is 29.1 Å². The predicted octanol–water partition coefficient (Wildman–Crippen LogP) is 7.00. The molecule has 4 bridgehead atoms. The Kier molecular flexibility index (Phi) is 7.23. The normalized spacial score (nSPS) is 28.4. The van der Waals surface area contributed by atoms with Crippen LogP contribution in [0.25, 0.3) is 22.5 Å². The summed E-state index contributed by atoms with van der Waals surface area (Å²) in [5.74, 6) is 1.94. The van der Waals surface area contributed by atoms with Crippen LogP contribution in [0.1, 0.15) is 99.2 Å². The zero-order chi connectivity index (χ0) is 36.5. The summed E-state index contributed by atoms with van der Waals surface area (Å²) in [6.07, 6.45) is 5.89. The summed E-state index contributed by atoms with van der Waals surface area (Å²) in [6, 6.07) is 1.98. The first kappa shape index (κ1) is 33.6. The molecule has 10 nitrogen and oxygen atoms in total. The summed E-state index contributed by atoms with van der Waals surface area (Å²) in [5.41, 5.74) is 10.2. The first-order chi connectivity index (χ1) is 24.5. The largest absolute Gasteiger partial charge is 0.419 e. The van der Waals surface area contributed by atoms with E-state index in [0.717, 1.165) is 88.2 Å². The number of halogens is 6. The van der Waals surface area contributed by atoms with Crippen molar-refractivity contribution in [2.75, 3.05) is 11.5 Å². The Bertz CT molecular complexity index is 1890. The van der Waals surface area contributed by atoms with Gasteiger partial charge in [0.15, 0.2) is 0 Å². The fraction of sp³-hybridized carbons (Fsp3) is 0.556. The van der Waals surface area contributed by atoms with Crippen molar-refractivity contribution in [1.29, 1.82) is 0 Å². The number of hydrogen-bond donors (Lipinski definition) is 4. The third kappa shape index (κ3) is 5.46. The summed E-state index contributed by atoms with van der Waals surface area (Å²) in [5, 5.41) is 21.3. The van der Waals surface area contributed by atoms with Crippen LogP contribution in [0, 0.1) is 23.7 Å². The van der Waals surface area contributed by atoms with E-state index in [2.05, 4.69) is 19.9 Å². The molecule has 52 heavy (non-hydrogen) atoms. The number of aliphatic hydroxyl groups excluding tert-OH is 2. The summed E-state index contributed by atoms with van der Waals surface area (Å²) in [7, 11) is 0. The van der Waals surface area contributed by atoms with E-state index in [1.54, 1.807) is 12.4 Å². The third-order valence-electron chi connectivity index (χ3n) is 12.2. The van der Waals surface area contributed by atoms with Crippen molar-refractivity contribution in [3.05, 3.63) is 59.7 Å². The molecule has 6 N–H and O–H groups in total. The van der Waals surface area contributed by atoms with Gasteiger partial charge in [0.2, 0.25) is 0 Å². The minimum atomic E-state index is -4.57. The molecule has 0 aromatic carbocycles. The second-order valence-electron chi connectivity index (χ2n) is 16.0. The lowest BCUT2D eigenvalue weighted by Crippen LogP contribution is -2.59. The first-order valence-corrected chi connectivity index (χ1v) is 17.8. The maximum atomic E-state index is 13.1. The van der Waals surface area contributed by atoms with Gasteiger partial charge in [-0.15, -0.1) is 0 Å². The predicted molar refractivity (Wildman–Crippen MR) is 176 cm³/mol. The van der Waals surface area contributed by atoms with E-state index in [-0.39, 0.29) is 34.0 Å². The maximum Gasteiger partial charge on any atom is 0.419 e. The Morgan fingerprint density at radius 2 is 0.981 bits per heavy atom. The second kappa shape index (κ2) is 11.2. The summed E-state index contributed by atoms with van der Waals surface area (Å²) < 4.78 is 82.9. The van der Waals surface area contributed by atoms with Gasteiger partial charge in [-0.05, 0) is 100 Å². The number of nitrogen functional groups attached to an aromatic ring is 2. The number of nitrogens with zero attached hydrogens (tertiary/aromatic N) is 6. The van der Waals surface area contributed by atoms with Gasteiger partial charge >= 0.3 is 12.4 Å².